The van der Waals surface area contributed by atoms with Crippen LogP contribution in [-0.4, -0.2) is 30.3 Å². The van der Waals surface area contributed by atoms with E-state index in [0.717, 1.165) is 16.5 Å². The molecule has 0 aliphatic rings. The van der Waals surface area contributed by atoms with Gasteiger partial charge in [0.05, 0.1) is 10.6 Å². The van der Waals surface area contributed by atoms with Gasteiger partial charge in [0.25, 0.3) is 5.91 Å². The summed E-state index contributed by atoms with van der Waals surface area (Å²) in [5, 5.41) is 12.1. The number of aliphatic hydroxyl groups is 1. The minimum absolute atomic E-state index is 0.0551. The van der Waals surface area contributed by atoms with Gasteiger partial charge in [-0.25, -0.2) is 0 Å². The largest absolute Gasteiger partial charge is 0.483 e. The highest BCUT2D eigenvalue weighted by Crippen LogP contribution is 2.25. The van der Waals surface area contributed by atoms with Gasteiger partial charge in [-0.3, -0.25) is 4.79 Å². The van der Waals surface area contributed by atoms with Crippen molar-refractivity contribution in [1.82, 2.24) is 5.32 Å². The van der Waals surface area contributed by atoms with Crippen LogP contribution < -0.4 is 10.1 Å². The Morgan fingerprint density at radius 2 is 2.26 bits per heavy atom. The number of aryl methyl sites for hydroxylation is 1. The second-order valence-corrected chi connectivity index (χ2v) is 5.32. The first-order valence-electron chi connectivity index (χ1n) is 6.36. The van der Waals surface area contributed by atoms with E-state index < -0.39 is 6.10 Å². The summed E-state index contributed by atoms with van der Waals surface area (Å²) in [6.45, 7) is 4.19. The number of halogens is 1. The summed E-state index contributed by atoms with van der Waals surface area (Å²) in [5.41, 5.74) is 1.12. The van der Waals surface area contributed by atoms with Gasteiger partial charge in [-0.05, 0) is 47.0 Å². The molecular weight excluding hydrogens is 310 g/mol. The smallest absolute Gasteiger partial charge is 0.258 e. The lowest BCUT2D eigenvalue weighted by Crippen LogP contribution is -2.35. The number of nitrogens with one attached hydrogen (secondary N) is 1. The fourth-order valence-electron chi connectivity index (χ4n) is 1.58. The number of hydrogen-bond acceptors (Lipinski definition) is 3. The molecule has 0 fully saturated rings. The molecule has 19 heavy (non-hydrogen) atoms. The van der Waals surface area contributed by atoms with Crippen LogP contribution in [0.2, 0.25) is 0 Å². The highest BCUT2D eigenvalue weighted by atomic mass is 79.9. The van der Waals surface area contributed by atoms with E-state index >= 15 is 0 Å². The quantitative estimate of drug-likeness (QED) is 0.807. The van der Waals surface area contributed by atoms with Crippen LogP contribution >= 0.6 is 15.9 Å². The Hall–Kier alpha value is -1.07. The number of rotatable bonds is 7. The van der Waals surface area contributed by atoms with E-state index in [9.17, 15) is 9.90 Å². The standard InChI is InChI=1S/C14H20BrNO3/c1-3-4-11(17)8-16-14(18)9-19-13-6-5-10(2)7-12(13)15/h5-7,11,17H,3-4,8-9H2,1-2H3,(H,16,18). The summed E-state index contributed by atoms with van der Waals surface area (Å²) >= 11 is 3.38. The van der Waals surface area contributed by atoms with E-state index in [1.54, 1.807) is 0 Å². The number of benzene rings is 1. The molecule has 0 heterocycles. The van der Waals surface area contributed by atoms with Crippen LogP contribution in [0.25, 0.3) is 0 Å². The van der Waals surface area contributed by atoms with Crippen LogP contribution in [0.5, 0.6) is 5.75 Å². The lowest BCUT2D eigenvalue weighted by atomic mass is 10.2. The number of ether oxygens (including phenoxy) is 1. The van der Waals surface area contributed by atoms with Crippen LogP contribution in [0.15, 0.2) is 22.7 Å². The van der Waals surface area contributed by atoms with Crippen molar-refractivity contribution in [3.05, 3.63) is 28.2 Å². The summed E-state index contributed by atoms with van der Waals surface area (Å²) < 4.78 is 6.23. The van der Waals surface area contributed by atoms with Crippen molar-refractivity contribution in [2.75, 3.05) is 13.2 Å². The van der Waals surface area contributed by atoms with Gasteiger partial charge in [-0.1, -0.05) is 19.4 Å². The fraction of sp³-hybridized carbons (Fsp3) is 0.500. The molecule has 0 saturated carbocycles. The third kappa shape index (κ3) is 6.07. The second-order valence-electron chi connectivity index (χ2n) is 4.47. The molecule has 0 aromatic heterocycles. The predicted molar refractivity (Wildman–Crippen MR) is 78.3 cm³/mol. The molecule has 4 nitrogen and oxygen atoms in total. The number of hydrogen-bond donors (Lipinski definition) is 2. The van der Waals surface area contributed by atoms with Crippen molar-refractivity contribution in [2.45, 2.75) is 32.8 Å². The molecule has 1 atom stereocenters. The van der Waals surface area contributed by atoms with Gasteiger partial charge in [0.2, 0.25) is 0 Å². The maximum absolute atomic E-state index is 11.5. The topological polar surface area (TPSA) is 58.6 Å². The van der Waals surface area contributed by atoms with E-state index in [-0.39, 0.29) is 19.1 Å². The summed E-state index contributed by atoms with van der Waals surface area (Å²) in [4.78, 5) is 11.5. The highest BCUT2D eigenvalue weighted by molar-refractivity contribution is 9.10. The molecule has 1 unspecified atom stereocenters. The zero-order chi connectivity index (χ0) is 14.3. The molecule has 5 heteroatoms. The van der Waals surface area contributed by atoms with Gasteiger partial charge < -0.3 is 15.2 Å². The first kappa shape index (κ1) is 16.0. The van der Waals surface area contributed by atoms with E-state index in [0.29, 0.717) is 12.2 Å². The number of amides is 1. The van der Waals surface area contributed by atoms with Gasteiger partial charge in [0, 0.05) is 6.54 Å². The first-order valence-corrected chi connectivity index (χ1v) is 7.16. The number of carbonyl (C=O) groups is 1. The zero-order valence-electron chi connectivity index (χ0n) is 11.3. The van der Waals surface area contributed by atoms with E-state index in [1.165, 1.54) is 0 Å². The predicted octanol–water partition coefficient (Wildman–Crippen LogP) is 2.41. The molecule has 0 aliphatic heterocycles. The van der Waals surface area contributed by atoms with Crippen molar-refractivity contribution in [1.29, 1.82) is 0 Å². The Labute approximate surface area is 122 Å². The minimum Gasteiger partial charge on any atom is -0.483 e. The summed E-state index contributed by atoms with van der Waals surface area (Å²) in [6.07, 6.45) is 1.09. The summed E-state index contributed by atoms with van der Waals surface area (Å²) in [5.74, 6) is 0.400. The average molecular weight is 330 g/mol. The maximum Gasteiger partial charge on any atom is 0.258 e. The normalized spacial score (nSPS) is 12.0. The molecule has 1 aromatic carbocycles. The molecular formula is C14H20BrNO3. The highest BCUT2D eigenvalue weighted by Gasteiger charge is 2.08. The molecule has 0 saturated heterocycles. The van der Waals surface area contributed by atoms with E-state index in [2.05, 4.69) is 21.2 Å². The zero-order valence-corrected chi connectivity index (χ0v) is 12.9. The average Bonchev–Trinajstić information content (AvgIpc) is 2.35. The Bertz CT molecular complexity index is 423. The minimum atomic E-state index is -0.486. The van der Waals surface area contributed by atoms with Crippen LogP contribution in [0.1, 0.15) is 25.3 Å². The number of aliphatic hydroxyl groups excluding tert-OH is 1. The second kappa shape index (κ2) is 8.17. The van der Waals surface area contributed by atoms with Crippen LogP contribution in [-0.2, 0) is 4.79 Å². The summed E-state index contributed by atoms with van der Waals surface area (Å²) in [6, 6.07) is 5.67. The Morgan fingerprint density at radius 1 is 1.53 bits per heavy atom. The van der Waals surface area contributed by atoms with Crippen LogP contribution in [0.4, 0.5) is 0 Å². The summed E-state index contributed by atoms with van der Waals surface area (Å²) in [7, 11) is 0. The maximum atomic E-state index is 11.5. The Kier molecular flexibility index (Phi) is 6.87. The number of carbonyl (C=O) groups excluding carboxylic acids is 1. The molecule has 0 spiro atoms. The third-order valence-electron chi connectivity index (χ3n) is 2.60. The van der Waals surface area contributed by atoms with Crippen molar-refractivity contribution >= 4 is 21.8 Å². The van der Waals surface area contributed by atoms with E-state index in [4.69, 9.17) is 4.74 Å². The van der Waals surface area contributed by atoms with Gasteiger partial charge in [0.15, 0.2) is 6.61 Å². The molecule has 2 N–H and O–H groups in total. The van der Waals surface area contributed by atoms with Crippen molar-refractivity contribution in [2.24, 2.45) is 0 Å². The Balaban J connectivity index is 2.33. The molecule has 106 valence electrons. The molecule has 1 amide bonds. The van der Waals surface area contributed by atoms with Crippen LogP contribution in [0, 0.1) is 6.92 Å². The van der Waals surface area contributed by atoms with Gasteiger partial charge in [-0.2, -0.15) is 0 Å². The lowest BCUT2D eigenvalue weighted by molar-refractivity contribution is -0.123. The van der Waals surface area contributed by atoms with Gasteiger partial charge in [0.1, 0.15) is 5.75 Å². The lowest BCUT2D eigenvalue weighted by Gasteiger charge is -2.12. The van der Waals surface area contributed by atoms with E-state index in [1.807, 2.05) is 32.0 Å². The van der Waals surface area contributed by atoms with Gasteiger partial charge in [-0.15, -0.1) is 0 Å². The van der Waals surface area contributed by atoms with Crippen molar-refractivity contribution < 1.29 is 14.6 Å². The van der Waals surface area contributed by atoms with Crippen molar-refractivity contribution in [3.8, 4) is 5.75 Å². The molecule has 0 bridgehead atoms. The molecule has 0 aliphatic carbocycles. The Morgan fingerprint density at radius 3 is 2.89 bits per heavy atom. The van der Waals surface area contributed by atoms with Crippen molar-refractivity contribution in [3.63, 3.8) is 0 Å². The molecule has 0 radical (unpaired) electrons. The fourth-order valence-corrected chi connectivity index (χ4v) is 2.19. The van der Waals surface area contributed by atoms with Crippen LogP contribution in [0.3, 0.4) is 0 Å². The molecule has 1 rings (SSSR count). The molecule has 1 aromatic rings. The third-order valence-corrected chi connectivity index (χ3v) is 3.22. The first-order chi connectivity index (χ1) is 9.02. The van der Waals surface area contributed by atoms with Gasteiger partial charge >= 0.3 is 0 Å². The SMILES string of the molecule is CCCC(O)CNC(=O)COc1ccc(C)cc1Br. The monoisotopic (exact) mass is 329 g/mol.